The van der Waals surface area contributed by atoms with Crippen molar-refractivity contribution in [2.24, 2.45) is 5.41 Å². The molecule has 0 unspecified atom stereocenters. The van der Waals surface area contributed by atoms with Crippen LogP contribution in [0.5, 0.6) is 0 Å². The highest BCUT2D eigenvalue weighted by Gasteiger charge is 2.26. The highest BCUT2D eigenvalue weighted by Crippen LogP contribution is 2.27. The molecule has 12 heavy (non-hydrogen) atoms. The second-order valence-corrected chi connectivity index (χ2v) is 4.68. The van der Waals surface area contributed by atoms with E-state index in [2.05, 4.69) is 18.7 Å². The van der Waals surface area contributed by atoms with Gasteiger partial charge < -0.3 is 0 Å². The molecular formula is C10H19NO. The lowest BCUT2D eigenvalue weighted by molar-refractivity contribution is -0.118. The molecule has 70 valence electrons. The quantitative estimate of drug-likeness (QED) is 0.627. The summed E-state index contributed by atoms with van der Waals surface area (Å²) < 4.78 is 0. The van der Waals surface area contributed by atoms with E-state index in [0.717, 1.165) is 13.1 Å². The van der Waals surface area contributed by atoms with Gasteiger partial charge in [0, 0.05) is 6.54 Å². The van der Waals surface area contributed by atoms with Gasteiger partial charge in [-0.15, -0.1) is 0 Å². The van der Waals surface area contributed by atoms with Crippen molar-refractivity contribution < 1.29 is 4.79 Å². The number of carbonyl (C=O) groups is 1. The molecule has 0 atom stereocenters. The Kier molecular flexibility index (Phi) is 2.89. The molecule has 0 aromatic rings. The lowest BCUT2D eigenvalue weighted by Gasteiger charge is -2.37. The summed E-state index contributed by atoms with van der Waals surface area (Å²) in [6.07, 6.45) is 2.53. The van der Waals surface area contributed by atoms with Crippen molar-refractivity contribution >= 4 is 5.78 Å². The zero-order valence-corrected chi connectivity index (χ0v) is 8.39. The monoisotopic (exact) mass is 169 g/mol. The number of piperidine rings is 1. The van der Waals surface area contributed by atoms with Crippen molar-refractivity contribution in [1.82, 2.24) is 4.90 Å². The van der Waals surface area contributed by atoms with Gasteiger partial charge in [-0.3, -0.25) is 9.69 Å². The third-order valence-electron chi connectivity index (χ3n) is 2.43. The topological polar surface area (TPSA) is 20.3 Å². The Balaban J connectivity index is 2.41. The second kappa shape index (κ2) is 3.56. The predicted molar refractivity (Wildman–Crippen MR) is 50.1 cm³/mol. The van der Waals surface area contributed by atoms with Crippen LogP contribution in [0.1, 0.15) is 33.6 Å². The number of rotatable bonds is 2. The molecule has 1 saturated heterocycles. The third-order valence-corrected chi connectivity index (χ3v) is 2.43. The standard InChI is InChI=1S/C10H19NO/c1-9(12)7-11-6-4-5-10(2,3)8-11/h4-8H2,1-3H3. The Morgan fingerprint density at radius 1 is 1.50 bits per heavy atom. The summed E-state index contributed by atoms with van der Waals surface area (Å²) in [4.78, 5) is 13.2. The van der Waals surface area contributed by atoms with E-state index in [0.29, 0.717) is 12.0 Å². The number of Topliss-reactive ketones (excluding diaryl/α,β-unsaturated/α-hetero) is 1. The SMILES string of the molecule is CC(=O)CN1CCCC(C)(C)C1. The molecule has 1 fully saturated rings. The van der Waals surface area contributed by atoms with Gasteiger partial charge >= 0.3 is 0 Å². The second-order valence-electron chi connectivity index (χ2n) is 4.68. The first-order chi connectivity index (χ1) is 5.49. The molecule has 0 amide bonds. The molecule has 0 aromatic heterocycles. The zero-order valence-electron chi connectivity index (χ0n) is 8.39. The first-order valence-corrected chi connectivity index (χ1v) is 4.71. The van der Waals surface area contributed by atoms with E-state index >= 15 is 0 Å². The van der Waals surface area contributed by atoms with Crippen molar-refractivity contribution in [2.45, 2.75) is 33.6 Å². The molecule has 1 heterocycles. The van der Waals surface area contributed by atoms with Gasteiger partial charge in [0.05, 0.1) is 6.54 Å². The molecule has 0 radical (unpaired) electrons. The van der Waals surface area contributed by atoms with Crippen LogP contribution in [0, 0.1) is 5.41 Å². The van der Waals surface area contributed by atoms with E-state index in [1.165, 1.54) is 12.8 Å². The number of hydrogen-bond acceptors (Lipinski definition) is 2. The molecule has 0 saturated carbocycles. The van der Waals surface area contributed by atoms with E-state index in [4.69, 9.17) is 0 Å². The number of likely N-dealkylation sites (tertiary alicyclic amines) is 1. The van der Waals surface area contributed by atoms with Crippen LogP contribution in [-0.2, 0) is 4.79 Å². The summed E-state index contributed by atoms with van der Waals surface area (Å²) in [6.45, 7) is 9.04. The van der Waals surface area contributed by atoms with Crippen LogP contribution < -0.4 is 0 Å². The molecule has 2 nitrogen and oxygen atoms in total. The van der Waals surface area contributed by atoms with Gasteiger partial charge in [-0.05, 0) is 31.7 Å². The lowest BCUT2D eigenvalue weighted by Crippen LogP contribution is -2.42. The van der Waals surface area contributed by atoms with E-state index in [-0.39, 0.29) is 5.78 Å². The predicted octanol–water partition coefficient (Wildman–Crippen LogP) is 1.70. The summed E-state index contributed by atoms with van der Waals surface area (Å²) in [5.74, 6) is 0.285. The molecular weight excluding hydrogens is 150 g/mol. The normalized spacial score (nSPS) is 23.9. The smallest absolute Gasteiger partial charge is 0.143 e. The molecule has 2 heteroatoms. The summed E-state index contributed by atoms with van der Waals surface area (Å²) in [5.41, 5.74) is 0.410. The van der Waals surface area contributed by atoms with E-state index < -0.39 is 0 Å². The lowest BCUT2D eigenvalue weighted by atomic mass is 9.84. The van der Waals surface area contributed by atoms with Gasteiger partial charge in [0.1, 0.15) is 5.78 Å². The summed E-state index contributed by atoms with van der Waals surface area (Å²) >= 11 is 0. The first kappa shape index (κ1) is 9.72. The van der Waals surface area contributed by atoms with Crippen LogP contribution in [0.25, 0.3) is 0 Å². The molecule has 0 bridgehead atoms. The third kappa shape index (κ3) is 2.94. The van der Waals surface area contributed by atoms with E-state index in [9.17, 15) is 4.79 Å². The highest BCUT2D eigenvalue weighted by atomic mass is 16.1. The van der Waals surface area contributed by atoms with Crippen molar-refractivity contribution in [3.63, 3.8) is 0 Å². The van der Waals surface area contributed by atoms with Crippen LogP contribution >= 0.6 is 0 Å². The number of carbonyl (C=O) groups excluding carboxylic acids is 1. The van der Waals surface area contributed by atoms with Gasteiger partial charge in [0.25, 0.3) is 0 Å². The van der Waals surface area contributed by atoms with Crippen LogP contribution in [-0.4, -0.2) is 30.3 Å². The van der Waals surface area contributed by atoms with Crippen molar-refractivity contribution in [3.05, 3.63) is 0 Å². The van der Waals surface area contributed by atoms with Gasteiger partial charge in [0.15, 0.2) is 0 Å². The van der Waals surface area contributed by atoms with Crippen molar-refractivity contribution in [2.75, 3.05) is 19.6 Å². The molecule has 0 aromatic carbocycles. The largest absolute Gasteiger partial charge is 0.299 e. The first-order valence-electron chi connectivity index (χ1n) is 4.71. The van der Waals surface area contributed by atoms with Gasteiger partial charge in [-0.2, -0.15) is 0 Å². The summed E-state index contributed by atoms with van der Waals surface area (Å²) in [7, 11) is 0. The minimum Gasteiger partial charge on any atom is -0.299 e. The van der Waals surface area contributed by atoms with Crippen LogP contribution in [0.4, 0.5) is 0 Å². The minimum absolute atomic E-state index is 0.285. The maximum atomic E-state index is 10.9. The minimum atomic E-state index is 0.285. The fraction of sp³-hybridized carbons (Fsp3) is 0.900. The highest BCUT2D eigenvalue weighted by molar-refractivity contribution is 5.77. The maximum absolute atomic E-state index is 10.9. The average molecular weight is 169 g/mol. The number of ketones is 1. The molecule has 1 rings (SSSR count). The van der Waals surface area contributed by atoms with Gasteiger partial charge in [-0.25, -0.2) is 0 Å². The van der Waals surface area contributed by atoms with Gasteiger partial charge in [0.2, 0.25) is 0 Å². The molecule has 0 N–H and O–H groups in total. The summed E-state index contributed by atoms with van der Waals surface area (Å²) in [6, 6.07) is 0. The van der Waals surface area contributed by atoms with Gasteiger partial charge in [-0.1, -0.05) is 13.8 Å². The Morgan fingerprint density at radius 2 is 2.17 bits per heavy atom. The fourth-order valence-corrected chi connectivity index (χ4v) is 1.99. The number of nitrogens with zero attached hydrogens (tertiary/aromatic N) is 1. The van der Waals surface area contributed by atoms with E-state index in [1.807, 2.05) is 0 Å². The molecule has 0 spiro atoms. The van der Waals surface area contributed by atoms with Crippen LogP contribution in [0.15, 0.2) is 0 Å². The molecule has 1 aliphatic heterocycles. The Labute approximate surface area is 74.9 Å². The van der Waals surface area contributed by atoms with Crippen LogP contribution in [0.3, 0.4) is 0 Å². The maximum Gasteiger partial charge on any atom is 0.143 e. The zero-order chi connectivity index (χ0) is 9.19. The Morgan fingerprint density at radius 3 is 2.67 bits per heavy atom. The summed E-state index contributed by atoms with van der Waals surface area (Å²) in [5, 5.41) is 0. The number of hydrogen-bond donors (Lipinski definition) is 0. The van der Waals surface area contributed by atoms with Crippen molar-refractivity contribution in [3.8, 4) is 0 Å². The Bertz CT molecular complexity index is 175. The average Bonchev–Trinajstić information content (AvgIpc) is 1.82. The van der Waals surface area contributed by atoms with Crippen molar-refractivity contribution in [1.29, 1.82) is 0 Å². The fourth-order valence-electron chi connectivity index (χ4n) is 1.99. The van der Waals surface area contributed by atoms with Crippen LogP contribution in [0.2, 0.25) is 0 Å². The Hall–Kier alpha value is -0.370. The molecule has 0 aliphatic carbocycles. The van der Waals surface area contributed by atoms with E-state index in [1.54, 1.807) is 6.92 Å². The molecule has 1 aliphatic rings.